The van der Waals surface area contributed by atoms with Gasteiger partial charge < -0.3 is 4.42 Å². The standard InChI is InChI=1S/C10H8BrNO3S/c11-8(6-7-2-1-5-16-7)9-3-4-10(15-9)12(13)14/h1-5,8H,6H2. The molecule has 84 valence electrons. The van der Waals surface area contributed by atoms with E-state index in [1.54, 1.807) is 17.4 Å². The molecule has 0 radical (unpaired) electrons. The third kappa shape index (κ3) is 2.51. The highest BCUT2D eigenvalue weighted by molar-refractivity contribution is 9.09. The molecule has 0 amide bonds. The molecule has 4 nitrogen and oxygen atoms in total. The Morgan fingerprint density at radius 2 is 2.31 bits per heavy atom. The van der Waals surface area contributed by atoms with Gasteiger partial charge in [0, 0.05) is 11.3 Å². The summed E-state index contributed by atoms with van der Waals surface area (Å²) >= 11 is 5.11. The van der Waals surface area contributed by atoms with Crippen molar-refractivity contribution in [3.63, 3.8) is 0 Å². The van der Waals surface area contributed by atoms with Crippen molar-refractivity contribution < 1.29 is 9.34 Å². The van der Waals surface area contributed by atoms with Gasteiger partial charge in [-0.25, -0.2) is 0 Å². The second kappa shape index (κ2) is 4.80. The van der Waals surface area contributed by atoms with Crippen molar-refractivity contribution in [2.24, 2.45) is 0 Å². The Labute approximate surface area is 104 Å². The van der Waals surface area contributed by atoms with Crippen LogP contribution in [-0.2, 0) is 6.42 Å². The van der Waals surface area contributed by atoms with Crippen LogP contribution in [-0.4, -0.2) is 4.92 Å². The number of hydrogen-bond acceptors (Lipinski definition) is 4. The topological polar surface area (TPSA) is 56.3 Å². The van der Waals surface area contributed by atoms with Crippen LogP contribution in [0.1, 0.15) is 15.5 Å². The van der Waals surface area contributed by atoms with Crippen LogP contribution in [0.5, 0.6) is 0 Å². The quantitative estimate of drug-likeness (QED) is 0.488. The lowest BCUT2D eigenvalue weighted by Gasteiger charge is -2.03. The van der Waals surface area contributed by atoms with Gasteiger partial charge in [0.05, 0.1) is 10.9 Å². The molecular weight excluding hydrogens is 294 g/mol. The first-order valence-corrected chi connectivity index (χ1v) is 6.37. The van der Waals surface area contributed by atoms with Crippen molar-refractivity contribution in [2.75, 3.05) is 0 Å². The molecule has 0 aromatic carbocycles. The van der Waals surface area contributed by atoms with Gasteiger partial charge in [-0.3, -0.25) is 10.1 Å². The predicted molar refractivity (Wildman–Crippen MR) is 65.1 cm³/mol. The average Bonchev–Trinajstić information content (AvgIpc) is 2.86. The maximum Gasteiger partial charge on any atom is 0.433 e. The molecule has 2 rings (SSSR count). The zero-order valence-corrected chi connectivity index (χ0v) is 10.5. The lowest BCUT2D eigenvalue weighted by atomic mass is 10.2. The largest absolute Gasteiger partial charge is 0.433 e. The summed E-state index contributed by atoms with van der Waals surface area (Å²) in [6, 6.07) is 7.00. The lowest BCUT2D eigenvalue weighted by molar-refractivity contribution is -0.402. The fourth-order valence-corrected chi connectivity index (χ4v) is 2.88. The van der Waals surface area contributed by atoms with Crippen molar-refractivity contribution in [3.8, 4) is 0 Å². The van der Waals surface area contributed by atoms with Crippen LogP contribution >= 0.6 is 27.3 Å². The molecule has 0 aliphatic heterocycles. The molecule has 0 spiro atoms. The molecule has 0 aliphatic rings. The van der Waals surface area contributed by atoms with E-state index in [1.165, 1.54) is 10.9 Å². The van der Waals surface area contributed by atoms with Gasteiger partial charge in [-0.05, 0) is 17.5 Å². The Kier molecular flexibility index (Phi) is 3.40. The van der Waals surface area contributed by atoms with E-state index in [-0.39, 0.29) is 10.7 Å². The summed E-state index contributed by atoms with van der Waals surface area (Å²) in [5.74, 6) is 0.366. The Morgan fingerprint density at radius 1 is 1.50 bits per heavy atom. The molecule has 0 fully saturated rings. The minimum atomic E-state index is -0.533. The van der Waals surface area contributed by atoms with Crippen molar-refractivity contribution in [1.82, 2.24) is 0 Å². The molecule has 0 N–H and O–H groups in total. The van der Waals surface area contributed by atoms with Crippen LogP contribution in [0.4, 0.5) is 5.88 Å². The maximum atomic E-state index is 10.5. The molecule has 1 atom stereocenters. The molecule has 0 aliphatic carbocycles. The minimum absolute atomic E-state index is 0.0279. The number of alkyl halides is 1. The van der Waals surface area contributed by atoms with E-state index in [0.29, 0.717) is 5.76 Å². The number of furan rings is 1. The molecule has 0 saturated carbocycles. The van der Waals surface area contributed by atoms with E-state index in [9.17, 15) is 10.1 Å². The van der Waals surface area contributed by atoms with Crippen LogP contribution in [0.15, 0.2) is 34.1 Å². The van der Waals surface area contributed by atoms with Crippen LogP contribution < -0.4 is 0 Å². The zero-order valence-electron chi connectivity index (χ0n) is 8.13. The second-order valence-corrected chi connectivity index (χ2v) is 5.32. The monoisotopic (exact) mass is 301 g/mol. The Morgan fingerprint density at radius 3 is 2.88 bits per heavy atom. The van der Waals surface area contributed by atoms with Crippen molar-refractivity contribution in [1.29, 1.82) is 0 Å². The van der Waals surface area contributed by atoms with E-state index in [0.717, 1.165) is 6.42 Å². The Hall–Kier alpha value is -1.14. The Balaban J connectivity index is 2.08. The lowest BCUT2D eigenvalue weighted by Crippen LogP contribution is -1.91. The molecule has 2 aromatic rings. The summed E-state index contributed by atoms with van der Waals surface area (Å²) in [7, 11) is 0. The summed E-state index contributed by atoms with van der Waals surface area (Å²) in [6.45, 7) is 0. The molecule has 0 bridgehead atoms. The third-order valence-corrected chi connectivity index (χ3v) is 3.74. The average molecular weight is 302 g/mol. The summed E-state index contributed by atoms with van der Waals surface area (Å²) in [4.78, 5) is 11.1. The van der Waals surface area contributed by atoms with Gasteiger partial charge >= 0.3 is 5.88 Å². The highest BCUT2D eigenvalue weighted by Crippen LogP contribution is 2.31. The first kappa shape index (κ1) is 11.3. The van der Waals surface area contributed by atoms with E-state index >= 15 is 0 Å². The van der Waals surface area contributed by atoms with Gasteiger partial charge in [0.2, 0.25) is 0 Å². The second-order valence-electron chi connectivity index (χ2n) is 3.18. The highest BCUT2D eigenvalue weighted by atomic mass is 79.9. The molecule has 16 heavy (non-hydrogen) atoms. The third-order valence-electron chi connectivity index (χ3n) is 2.06. The summed E-state index contributed by atoms with van der Waals surface area (Å²) in [5.41, 5.74) is 0. The first-order chi connectivity index (χ1) is 7.66. The number of thiophene rings is 1. The van der Waals surface area contributed by atoms with Crippen LogP contribution in [0.2, 0.25) is 0 Å². The highest BCUT2D eigenvalue weighted by Gasteiger charge is 2.18. The van der Waals surface area contributed by atoms with Crippen molar-refractivity contribution in [2.45, 2.75) is 11.2 Å². The van der Waals surface area contributed by atoms with Gasteiger partial charge in [0.15, 0.2) is 0 Å². The van der Waals surface area contributed by atoms with Crippen LogP contribution in [0.25, 0.3) is 0 Å². The summed E-state index contributed by atoms with van der Waals surface area (Å²) in [6.07, 6.45) is 0.766. The maximum absolute atomic E-state index is 10.5. The molecule has 2 heterocycles. The number of rotatable bonds is 4. The number of nitrogens with zero attached hydrogens (tertiary/aromatic N) is 1. The van der Waals surface area contributed by atoms with Crippen LogP contribution in [0, 0.1) is 10.1 Å². The number of halogens is 1. The van der Waals surface area contributed by atoms with E-state index < -0.39 is 4.92 Å². The van der Waals surface area contributed by atoms with Gasteiger partial charge in [-0.1, -0.05) is 22.0 Å². The first-order valence-electron chi connectivity index (χ1n) is 4.57. The summed E-state index contributed by atoms with van der Waals surface area (Å²) in [5, 5.41) is 12.5. The predicted octanol–water partition coefficient (Wildman–Crippen LogP) is 3.93. The molecule has 0 saturated heterocycles. The van der Waals surface area contributed by atoms with Crippen molar-refractivity contribution in [3.05, 3.63) is 50.4 Å². The zero-order chi connectivity index (χ0) is 11.5. The molecular formula is C10H8BrNO3S. The van der Waals surface area contributed by atoms with Crippen LogP contribution in [0.3, 0.4) is 0 Å². The smallest absolute Gasteiger partial charge is 0.405 e. The normalized spacial score (nSPS) is 12.6. The fraction of sp³-hybridized carbons (Fsp3) is 0.200. The van der Waals surface area contributed by atoms with Gasteiger partial charge in [0.1, 0.15) is 10.7 Å². The number of nitro groups is 1. The number of hydrogen-bond donors (Lipinski definition) is 0. The SMILES string of the molecule is O=[N+]([O-])c1ccc(C(Br)Cc2cccs2)o1. The minimum Gasteiger partial charge on any atom is -0.405 e. The van der Waals surface area contributed by atoms with E-state index in [1.807, 2.05) is 17.5 Å². The van der Waals surface area contributed by atoms with E-state index in [2.05, 4.69) is 15.9 Å². The fourth-order valence-electron chi connectivity index (χ4n) is 1.31. The Bertz CT molecular complexity index is 480. The summed E-state index contributed by atoms with van der Waals surface area (Å²) < 4.78 is 5.11. The van der Waals surface area contributed by atoms with Gasteiger partial charge in [-0.15, -0.1) is 11.3 Å². The molecule has 2 aromatic heterocycles. The molecule has 1 unspecified atom stereocenters. The van der Waals surface area contributed by atoms with Crippen molar-refractivity contribution >= 4 is 33.2 Å². The van der Waals surface area contributed by atoms with Gasteiger partial charge in [-0.2, -0.15) is 0 Å². The van der Waals surface area contributed by atoms with Gasteiger partial charge in [0.25, 0.3) is 0 Å². The molecule has 6 heteroatoms. The van der Waals surface area contributed by atoms with E-state index in [4.69, 9.17) is 4.42 Å².